The van der Waals surface area contributed by atoms with E-state index in [1.165, 1.54) is 11.5 Å². The summed E-state index contributed by atoms with van der Waals surface area (Å²) in [6.07, 6.45) is 0. The molecule has 0 aliphatic carbocycles. The second-order valence-electron chi connectivity index (χ2n) is 3.25. The van der Waals surface area contributed by atoms with Crippen molar-refractivity contribution < 1.29 is 14.3 Å². The normalized spacial score (nSPS) is 16.2. The maximum atomic E-state index is 11.6. The predicted molar refractivity (Wildman–Crippen MR) is 58.9 cm³/mol. The first-order valence-electron chi connectivity index (χ1n) is 5.15. The van der Waals surface area contributed by atoms with Crippen molar-refractivity contribution in [1.29, 1.82) is 0 Å². The smallest absolute Gasteiger partial charge is 0.362 e. The number of anilines is 1. The minimum atomic E-state index is -0.405. The highest BCUT2D eigenvalue weighted by Gasteiger charge is 2.23. The number of ether oxygens (including phenoxy) is 2. The second-order valence-corrected chi connectivity index (χ2v) is 3.98. The number of esters is 1. The first-order chi connectivity index (χ1) is 7.83. The molecule has 1 aromatic rings. The van der Waals surface area contributed by atoms with Crippen molar-refractivity contribution in [3.63, 3.8) is 0 Å². The van der Waals surface area contributed by atoms with Crippen molar-refractivity contribution >= 4 is 22.5 Å². The van der Waals surface area contributed by atoms with Crippen LogP contribution in [0.5, 0.6) is 0 Å². The first kappa shape index (κ1) is 11.3. The van der Waals surface area contributed by atoms with Gasteiger partial charge in [-0.05, 0) is 6.92 Å². The third kappa shape index (κ3) is 2.30. The minimum absolute atomic E-state index is 0.314. The number of rotatable bonds is 3. The minimum Gasteiger partial charge on any atom is -0.461 e. The average Bonchev–Trinajstić information content (AvgIpc) is 2.79. The Hall–Kier alpha value is -1.21. The van der Waals surface area contributed by atoms with E-state index in [2.05, 4.69) is 14.5 Å². The van der Waals surface area contributed by atoms with Gasteiger partial charge in [0.1, 0.15) is 5.00 Å². The summed E-state index contributed by atoms with van der Waals surface area (Å²) in [5, 5.41) is 4.60. The summed E-state index contributed by atoms with van der Waals surface area (Å²) in [5.74, 6) is -0.405. The number of nitrogens with zero attached hydrogens (tertiary/aromatic N) is 3. The lowest BCUT2D eigenvalue weighted by Crippen LogP contribution is -2.36. The van der Waals surface area contributed by atoms with Crippen LogP contribution in [0.1, 0.15) is 17.4 Å². The van der Waals surface area contributed by atoms with E-state index in [9.17, 15) is 4.79 Å². The number of hydrogen-bond donors (Lipinski definition) is 0. The van der Waals surface area contributed by atoms with E-state index >= 15 is 0 Å². The molecule has 0 aromatic carbocycles. The standard InChI is InChI=1S/C9H13N3O3S/c1-2-15-9(13)7-8(16-11-10-7)12-3-5-14-6-4-12/h2-6H2,1H3. The van der Waals surface area contributed by atoms with Gasteiger partial charge in [-0.1, -0.05) is 4.49 Å². The Bertz CT molecular complexity index is 363. The third-order valence-corrected chi connectivity index (χ3v) is 3.03. The number of carbonyl (C=O) groups excluding carboxylic acids is 1. The molecule has 16 heavy (non-hydrogen) atoms. The Kier molecular flexibility index (Phi) is 3.68. The van der Waals surface area contributed by atoms with Crippen LogP contribution in [0.3, 0.4) is 0 Å². The SMILES string of the molecule is CCOC(=O)c1nnsc1N1CCOCC1. The van der Waals surface area contributed by atoms with Crippen LogP contribution in [0.2, 0.25) is 0 Å². The van der Waals surface area contributed by atoms with E-state index in [4.69, 9.17) is 9.47 Å². The Morgan fingerprint density at radius 3 is 3.00 bits per heavy atom. The molecule has 1 saturated heterocycles. The van der Waals surface area contributed by atoms with Crippen LogP contribution in [0.4, 0.5) is 5.00 Å². The molecule has 0 saturated carbocycles. The quantitative estimate of drug-likeness (QED) is 0.722. The molecule has 7 heteroatoms. The van der Waals surface area contributed by atoms with E-state index in [1.54, 1.807) is 6.92 Å². The van der Waals surface area contributed by atoms with E-state index in [1.807, 2.05) is 0 Å². The van der Waals surface area contributed by atoms with Gasteiger partial charge >= 0.3 is 5.97 Å². The summed E-state index contributed by atoms with van der Waals surface area (Å²) in [4.78, 5) is 13.6. The van der Waals surface area contributed by atoms with Crippen molar-refractivity contribution in [3.8, 4) is 0 Å². The summed E-state index contributed by atoms with van der Waals surface area (Å²) < 4.78 is 14.0. The van der Waals surface area contributed by atoms with Crippen LogP contribution in [0.25, 0.3) is 0 Å². The Balaban J connectivity index is 2.14. The van der Waals surface area contributed by atoms with Crippen LogP contribution < -0.4 is 4.90 Å². The number of hydrogen-bond acceptors (Lipinski definition) is 7. The lowest BCUT2D eigenvalue weighted by molar-refractivity contribution is 0.0519. The zero-order chi connectivity index (χ0) is 11.4. The third-order valence-electron chi connectivity index (χ3n) is 2.24. The van der Waals surface area contributed by atoms with E-state index in [0.717, 1.165) is 18.1 Å². The van der Waals surface area contributed by atoms with Crippen LogP contribution in [-0.4, -0.2) is 48.5 Å². The summed E-state index contributed by atoms with van der Waals surface area (Å²) in [6.45, 7) is 4.97. The van der Waals surface area contributed by atoms with Gasteiger partial charge in [0, 0.05) is 24.6 Å². The van der Waals surface area contributed by atoms with Gasteiger partial charge in [-0.15, -0.1) is 5.10 Å². The summed E-state index contributed by atoms with van der Waals surface area (Å²) in [7, 11) is 0. The second kappa shape index (κ2) is 5.22. The number of aromatic nitrogens is 2. The summed E-state index contributed by atoms with van der Waals surface area (Å²) in [5.41, 5.74) is 0.314. The van der Waals surface area contributed by atoms with Crippen molar-refractivity contribution in [2.75, 3.05) is 37.8 Å². The molecule has 0 bridgehead atoms. The predicted octanol–water partition coefficient (Wildman–Crippen LogP) is 0.551. The van der Waals surface area contributed by atoms with Crippen LogP contribution in [0, 0.1) is 0 Å². The fourth-order valence-electron chi connectivity index (χ4n) is 1.49. The van der Waals surface area contributed by atoms with Crippen LogP contribution >= 0.6 is 11.5 Å². The highest BCUT2D eigenvalue weighted by molar-refractivity contribution is 7.10. The molecule has 0 unspecified atom stereocenters. The molecule has 1 aliphatic heterocycles. The molecule has 1 fully saturated rings. The molecular formula is C9H13N3O3S. The van der Waals surface area contributed by atoms with Crippen molar-refractivity contribution in [2.24, 2.45) is 0 Å². The van der Waals surface area contributed by atoms with Gasteiger partial charge in [-0.25, -0.2) is 4.79 Å². The van der Waals surface area contributed by atoms with E-state index in [0.29, 0.717) is 25.5 Å². The van der Waals surface area contributed by atoms with Gasteiger partial charge in [-0.2, -0.15) is 0 Å². The maximum absolute atomic E-state index is 11.6. The number of carbonyl (C=O) groups is 1. The maximum Gasteiger partial charge on any atom is 0.362 e. The fraction of sp³-hybridized carbons (Fsp3) is 0.667. The summed E-state index contributed by atoms with van der Waals surface area (Å²) in [6, 6.07) is 0. The molecule has 1 aliphatic rings. The van der Waals surface area contributed by atoms with Crippen molar-refractivity contribution in [3.05, 3.63) is 5.69 Å². The number of morpholine rings is 1. The van der Waals surface area contributed by atoms with Gasteiger partial charge in [0.15, 0.2) is 0 Å². The largest absolute Gasteiger partial charge is 0.461 e. The highest BCUT2D eigenvalue weighted by Crippen LogP contribution is 2.24. The van der Waals surface area contributed by atoms with Crippen LogP contribution in [-0.2, 0) is 9.47 Å². The van der Waals surface area contributed by atoms with Crippen LogP contribution in [0.15, 0.2) is 0 Å². The molecule has 2 heterocycles. The van der Waals surface area contributed by atoms with E-state index in [-0.39, 0.29) is 0 Å². The highest BCUT2D eigenvalue weighted by atomic mass is 32.1. The molecule has 6 nitrogen and oxygen atoms in total. The zero-order valence-corrected chi connectivity index (χ0v) is 9.83. The molecule has 0 N–H and O–H groups in total. The lowest BCUT2D eigenvalue weighted by atomic mass is 10.4. The van der Waals surface area contributed by atoms with Gasteiger partial charge in [-0.3, -0.25) is 0 Å². The Morgan fingerprint density at radius 2 is 2.31 bits per heavy atom. The topological polar surface area (TPSA) is 64.5 Å². The molecule has 88 valence electrons. The monoisotopic (exact) mass is 243 g/mol. The van der Waals surface area contributed by atoms with Gasteiger partial charge in [0.05, 0.1) is 19.8 Å². The first-order valence-corrected chi connectivity index (χ1v) is 5.92. The molecule has 0 atom stereocenters. The van der Waals surface area contributed by atoms with Gasteiger partial charge in [0.25, 0.3) is 0 Å². The molecule has 2 rings (SSSR count). The molecule has 0 amide bonds. The molecule has 0 spiro atoms. The zero-order valence-electron chi connectivity index (χ0n) is 9.01. The fourth-order valence-corrected chi connectivity index (χ4v) is 2.20. The Labute approximate surface area is 97.3 Å². The van der Waals surface area contributed by atoms with E-state index < -0.39 is 5.97 Å². The van der Waals surface area contributed by atoms with Gasteiger partial charge in [0.2, 0.25) is 5.69 Å². The lowest BCUT2D eigenvalue weighted by Gasteiger charge is -2.27. The molecule has 0 radical (unpaired) electrons. The Morgan fingerprint density at radius 1 is 1.56 bits per heavy atom. The summed E-state index contributed by atoms with van der Waals surface area (Å²) >= 11 is 1.22. The molecular weight excluding hydrogens is 230 g/mol. The molecule has 1 aromatic heterocycles. The average molecular weight is 243 g/mol. The van der Waals surface area contributed by atoms with Gasteiger partial charge < -0.3 is 14.4 Å². The van der Waals surface area contributed by atoms with Crippen molar-refractivity contribution in [2.45, 2.75) is 6.92 Å². The van der Waals surface area contributed by atoms with Crippen molar-refractivity contribution in [1.82, 2.24) is 9.59 Å².